The Morgan fingerprint density at radius 1 is 1.25 bits per heavy atom. The van der Waals surface area contributed by atoms with Crippen molar-refractivity contribution in [3.63, 3.8) is 0 Å². The van der Waals surface area contributed by atoms with E-state index >= 15 is 0 Å². The van der Waals surface area contributed by atoms with Gasteiger partial charge in [-0.2, -0.15) is 11.8 Å². The first-order valence-corrected chi connectivity index (χ1v) is 9.10. The molecule has 2 rings (SSSR count). The first-order chi connectivity index (χ1) is 9.58. The molecule has 2 atom stereocenters. The van der Waals surface area contributed by atoms with E-state index in [-0.39, 0.29) is 11.0 Å². The van der Waals surface area contributed by atoms with Gasteiger partial charge >= 0.3 is 0 Å². The molecule has 4 heteroatoms. The van der Waals surface area contributed by atoms with Gasteiger partial charge < -0.3 is 4.74 Å². The fraction of sp³-hybridized carbons (Fsp3) is 0.562. The summed E-state index contributed by atoms with van der Waals surface area (Å²) in [5, 5.41) is 0.549. The normalized spacial score (nSPS) is 22.6. The van der Waals surface area contributed by atoms with Crippen molar-refractivity contribution in [1.82, 2.24) is 0 Å². The number of ether oxygens (including phenoxy) is 1. The van der Waals surface area contributed by atoms with Crippen LogP contribution in [-0.2, 0) is 0 Å². The molecule has 2 nitrogen and oxygen atoms in total. The van der Waals surface area contributed by atoms with Crippen LogP contribution in [0.1, 0.15) is 34.8 Å². The Labute approximate surface area is 130 Å². The summed E-state index contributed by atoms with van der Waals surface area (Å²) in [6.45, 7) is 6.17. The average molecular weight is 310 g/mol. The second-order valence-corrected chi connectivity index (χ2v) is 7.71. The minimum atomic E-state index is 0.102. The van der Waals surface area contributed by atoms with Gasteiger partial charge in [-0.25, -0.2) is 0 Å². The van der Waals surface area contributed by atoms with Gasteiger partial charge in [0, 0.05) is 22.3 Å². The molecule has 0 bridgehead atoms. The summed E-state index contributed by atoms with van der Waals surface area (Å²) in [6, 6.07) is 3.97. The molecule has 1 aliphatic heterocycles. The summed E-state index contributed by atoms with van der Waals surface area (Å²) in [5.74, 6) is 3.38. The number of hydrogen-bond donors (Lipinski definition) is 0. The zero-order valence-electron chi connectivity index (χ0n) is 12.6. The molecule has 1 aromatic carbocycles. The number of Topliss-reactive ketones (excluding diaryl/α,β-unsaturated/α-hetero) is 1. The maximum atomic E-state index is 12.9. The highest BCUT2D eigenvalue weighted by atomic mass is 32.2. The summed E-state index contributed by atoms with van der Waals surface area (Å²) in [4.78, 5) is 12.9. The fourth-order valence-electron chi connectivity index (χ4n) is 2.57. The summed E-state index contributed by atoms with van der Waals surface area (Å²) in [6.07, 6.45) is 1.06. The Kier molecular flexibility index (Phi) is 5.44. The lowest BCUT2D eigenvalue weighted by atomic mass is 9.97. The van der Waals surface area contributed by atoms with Gasteiger partial charge in [-0.15, -0.1) is 11.8 Å². The lowest BCUT2D eigenvalue weighted by Crippen LogP contribution is -2.33. The summed E-state index contributed by atoms with van der Waals surface area (Å²) in [5.41, 5.74) is 2.91. The van der Waals surface area contributed by atoms with Gasteiger partial charge in [0.25, 0.3) is 0 Å². The van der Waals surface area contributed by atoms with E-state index < -0.39 is 0 Å². The largest absolute Gasteiger partial charge is 0.496 e. The lowest BCUT2D eigenvalue weighted by molar-refractivity contribution is 0.0987. The number of methoxy groups -OCH3 is 1. The van der Waals surface area contributed by atoms with Gasteiger partial charge in [0.1, 0.15) is 5.75 Å². The van der Waals surface area contributed by atoms with Crippen molar-refractivity contribution >= 4 is 29.3 Å². The first kappa shape index (κ1) is 15.8. The molecule has 0 N–H and O–H groups in total. The van der Waals surface area contributed by atoms with Crippen molar-refractivity contribution in [2.24, 2.45) is 0 Å². The van der Waals surface area contributed by atoms with Crippen molar-refractivity contribution < 1.29 is 9.53 Å². The van der Waals surface area contributed by atoms with Gasteiger partial charge in [-0.05, 0) is 43.5 Å². The molecule has 110 valence electrons. The molecular formula is C16H22O2S2. The van der Waals surface area contributed by atoms with Gasteiger partial charge in [-0.1, -0.05) is 6.92 Å². The quantitative estimate of drug-likeness (QED) is 0.781. The van der Waals surface area contributed by atoms with Gasteiger partial charge in [-0.3, -0.25) is 4.79 Å². The van der Waals surface area contributed by atoms with Gasteiger partial charge in [0.2, 0.25) is 0 Å². The second-order valence-electron chi connectivity index (χ2n) is 5.11. The van der Waals surface area contributed by atoms with E-state index in [1.54, 1.807) is 7.11 Å². The topological polar surface area (TPSA) is 26.3 Å². The van der Waals surface area contributed by atoms with Crippen LogP contribution < -0.4 is 4.74 Å². The molecule has 0 saturated carbocycles. The van der Waals surface area contributed by atoms with E-state index in [0.29, 0.717) is 5.25 Å². The number of aryl methyl sites for hydroxylation is 2. The lowest BCUT2D eigenvalue weighted by Gasteiger charge is -2.29. The molecule has 0 aromatic heterocycles. The van der Waals surface area contributed by atoms with Crippen LogP contribution in [-0.4, -0.2) is 34.9 Å². The van der Waals surface area contributed by atoms with Crippen molar-refractivity contribution in [3.05, 3.63) is 28.8 Å². The number of thioether (sulfide) groups is 2. The molecule has 0 spiro atoms. The number of carbonyl (C=O) groups excluding carboxylic acids is 1. The minimum absolute atomic E-state index is 0.102. The molecule has 2 unspecified atom stereocenters. The number of rotatable bonds is 4. The maximum absolute atomic E-state index is 12.9. The zero-order chi connectivity index (χ0) is 14.7. The third kappa shape index (κ3) is 3.17. The van der Waals surface area contributed by atoms with Crippen LogP contribution in [0.4, 0.5) is 0 Å². The zero-order valence-corrected chi connectivity index (χ0v) is 14.2. The van der Waals surface area contributed by atoms with Gasteiger partial charge in [0.05, 0.1) is 12.4 Å². The van der Waals surface area contributed by atoms with E-state index in [1.165, 1.54) is 0 Å². The SMILES string of the molecule is CCC1SCCSC1C(=O)c1cc(C)c(OC)cc1C. The monoisotopic (exact) mass is 310 g/mol. The highest BCUT2D eigenvalue weighted by molar-refractivity contribution is 8.07. The molecule has 0 amide bonds. The summed E-state index contributed by atoms with van der Waals surface area (Å²) >= 11 is 3.77. The molecule has 1 heterocycles. The Hall–Kier alpha value is -0.610. The standard InChI is InChI=1S/C16H22O2S2/c1-5-14-16(20-7-6-19-14)15(17)12-8-11(3)13(18-4)9-10(12)2/h8-9,14,16H,5-7H2,1-4H3. The molecule has 0 aliphatic carbocycles. The Balaban J connectivity index is 2.30. The molecule has 0 radical (unpaired) electrons. The second kappa shape index (κ2) is 6.90. The van der Waals surface area contributed by atoms with Crippen LogP contribution in [0.2, 0.25) is 0 Å². The number of hydrogen-bond acceptors (Lipinski definition) is 4. The van der Waals surface area contributed by atoms with Crippen molar-refractivity contribution in [1.29, 1.82) is 0 Å². The third-order valence-corrected chi connectivity index (χ3v) is 6.96. The summed E-state index contributed by atoms with van der Waals surface area (Å²) in [7, 11) is 1.67. The van der Waals surface area contributed by atoms with Crippen LogP contribution in [0.15, 0.2) is 12.1 Å². The van der Waals surface area contributed by atoms with Crippen molar-refractivity contribution in [2.75, 3.05) is 18.6 Å². The molecule has 1 fully saturated rings. The van der Waals surface area contributed by atoms with Gasteiger partial charge in [0.15, 0.2) is 5.78 Å². The Morgan fingerprint density at radius 3 is 2.60 bits per heavy atom. The van der Waals surface area contributed by atoms with Crippen LogP contribution in [0.3, 0.4) is 0 Å². The Morgan fingerprint density at radius 2 is 1.95 bits per heavy atom. The van der Waals surface area contributed by atoms with E-state index in [1.807, 2.05) is 49.5 Å². The highest BCUT2D eigenvalue weighted by Gasteiger charge is 2.32. The third-order valence-electron chi connectivity index (χ3n) is 3.72. The first-order valence-electron chi connectivity index (χ1n) is 7.01. The van der Waals surface area contributed by atoms with Crippen LogP contribution in [0.5, 0.6) is 5.75 Å². The maximum Gasteiger partial charge on any atom is 0.177 e. The summed E-state index contributed by atoms with van der Waals surface area (Å²) < 4.78 is 5.33. The van der Waals surface area contributed by atoms with Crippen molar-refractivity contribution in [3.8, 4) is 5.75 Å². The molecular weight excluding hydrogens is 288 g/mol. The predicted octanol–water partition coefficient (Wildman–Crippen LogP) is 4.12. The molecule has 1 saturated heterocycles. The predicted molar refractivity (Wildman–Crippen MR) is 89.6 cm³/mol. The smallest absolute Gasteiger partial charge is 0.177 e. The average Bonchev–Trinajstić information content (AvgIpc) is 2.48. The molecule has 1 aromatic rings. The fourth-order valence-corrected chi connectivity index (χ4v) is 5.59. The van der Waals surface area contributed by atoms with Crippen LogP contribution in [0, 0.1) is 13.8 Å². The van der Waals surface area contributed by atoms with E-state index in [2.05, 4.69) is 6.92 Å². The van der Waals surface area contributed by atoms with Crippen molar-refractivity contribution in [2.45, 2.75) is 37.7 Å². The van der Waals surface area contributed by atoms with Crippen LogP contribution in [0.25, 0.3) is 0 Å². The van der Waals surface area contributed by atoms with E-state index in [0.717, 1.165) is 40.4 Å². The molecule has 1 aliphatic rings. The van der Waals surface area contributed by atoms with E-state index in [4.69, 9.17) is 4.74 Å². The minimum Gasteiger partial charge on any atom is -0.496 e. The molecule has 20 heavy (non-hydrogen) atoms. The number of ketones is 1. The Bertz CT molecular complexity index is 499. The van der Waals surface area contributed by atoms with E-state index in [9.17, 15) is 4.79 Å². The number of carbonyl (C=O) groups is 1. The highest BCUT2D eigenvalue weighted by Crippen LogP contribution is 2.36. The van der Waals surface area contributed by atoms with Crippen LogP contribution >= 0.6 is 23.5 Å². The number of benzene rings is 1.